The van der Waals surface area contributed by atoms with Crippen molar-refractivity contribution in [1.82, 2.24) is 10.2 Å². The van der Waals surface area contributed by atoms with E-state index < -0.39 is 11.4 Å². The zero-order valence-electron chi connectivity index (χ0n) is 15.6. The number of anilines is 1. The number of amides is 3. The van der Waals surface area contributed by atoms with Crippen LogP contribution in [0.3, 0.4) is 0 Å². The Bertz CT molecular complexity index is 884. The zero-order valence-corrected chi connectivity index (χ0v) is 15.6. The molecule has 7 nitrogen and oxygen atoms in total. The Morgan fingerprint density at radius 2 is 1.86 bits per heavy atom. The fourth-order valence-corrected chi connectivity index (χ4v) is 3.15. The molecule has 0 aliphatic carbocycles. The van der Waals surface area contributed by atoms with Gasteiger partial charge in [-0.15, -0.1) is 0 Å². The first kappa shape index (κ1) is 19.4. The summed E-state index contributed by atoms with van der Waals surface area (Å²) in [5.41, 5.74) is 1.15. The lowest BCUT2D eigenvalue weighted by Gasteiger charge is -2.20. The molecule has 0 aromatic heterocycles. The summed E-state index contributed by atoms with van der Waals surface area (Å²) in [6, 6.07) is 15.9. The summed E-state index contributed by atoms with van der Waals surface area (Å²) in [4.78, 5) is 37.4. The predicted octanol–water partition coefficient (Wildman–Crippen LogP) is 2.95. The molecule has 0 saturated carbocycles. The number of rotatable bonds is 5. The highest BCUT2D eigenvalue weighted by atomic mass is 16.4. The minimum absolute atomic E-state index is 0.196. The Kier molecular flexibility index (Phi) is 5.63. The maximum Gasteiger partial charge on any atom is 0.317 e. The summed E-state index contributed by atoms with van der Waals surface area (Å²) in [5, 5.41) is 14.9. The number of carbonyl (C=O) groups is 3. The van der Waals surface area contributed by atoms with Crippen LogP contribution in [0.15, 0.2) is 54.6 Å². The van der Waals surface area contributed by atoms with Crippen LogP contribution in [0.5, 0.6) is 0 Å². The Labute approximate surface area is 163 Å². The van der Waals surface area contributed by atoms with Crippen molar-refractivity contribution in [2.45, 2.75) is 19.9 Å². The molecular formula is C21H23N3O4. The van der Waals surface area contributed by atoms with Gasteiger partial charge in [0, 0.05) is 30.9 Å². The molecule has 7 heteroatoms. The Morgan fingerprint density at radius 1 is 1.11 bits per heavy atom. The predicted molar refractivity (Wildman–Crippen MR) is 105 cm³/mol. The molecule has 0 spiro atoms. The second-order valence-electron chi connectivity index (χ2n) is 7.22. The lowest BCUT2D eigenvalue weighted by Crippen LogP contribution is -2.40. The SMILES string of the molecule is CC1(C(=O)O)CCN(C(=O)NCc2cccc(NC(=O)c3ccccc3)c2)C1. The molecular weight excluding hydrogens is 358 g/mol. The van der Waals surface area contributed by atoms with E-state index in [2.05, 4.69) is 10.6 Å². The summed E-state index contributed by atoms with van der Waals surface area (Å²) >= 11 is 0. The first-order chi connectivity index (χ1) is 13.4. The van der Waals surface area contributed by atoms with Crippen molar-refractivity contribution in [1.29, 1.82) is 0 Å². The lowest BCUT2D eigenvalue weighted by molar-refractivity contribution is -0.147. The number of nitrogens with zero attached hydrogens (tertiary/aromatic N) is 1. The van der Waals surface area contributed by atoms with Gasteiger partial charge in [0.05, 0.1) is 5.41 Å². The molecule has 3 amide bonds. The maximum atomic E-state index is 12.3. The monoisotopic (exact) mass is 381 g/mol. The van der Waals surface area contributed by atoms with Gasteiger partial charge in [0.25, 0.3) is 5.91 Å². The Hall–Kier alpha value is -3.35. The van der Waals surface area contributed by atoms with E-state index in [1.165, 1.54) is 4.90 Å². The van der Waals surface area contributed by atoms with Crippen LogP contribution in [0.4, 0.5) is 10.5 Å². The molecule has 2 aromatic carbocycles. The van der Waals surface area contributed by atoms with Gasteiger partial charge in [0.1, 0.15) is 0 Å². The number of carboxylic acid groups (broad SMARTS) is 1. The largest absolute Gasteiger partial charge is 0.481 e. The van der Waals surface area contributed by atoms with Crippen molar-refractivity contribution in [2.24, 2.45) is 5.41 Å². The van der Waals surface area contributed by atoms with Gasteiger partial charge in [-0.2, -0.15) is 0 Å². The minimum atomic E-state index is -0.890. The number of hydrogen-bond donors (Lipinski definition) is 3. The summed E-state index contributed by atoms with van der Waals surface area (Å²) in [7, 11) is 0. The van der Waals surface area contributed by atoms with Crippen molar-refractivity contribution in [3.8, 4) is 0 Å². The molecule has 1 saturated heterocycles. The number of carboxylic acids is 1. The molecule has 0 bridgehead atoms. The molecule has 3 N–H and O–H groups in total. The van der Waals surface area contributed by atoms with Crippen LogP contribution >= 0.6 is 0 Å². The molecule has 0 radical (unpaired) electrons. The van der Waals surface area contributed by atoms with Gasteiger partial charge >= 0.3 is 12.0 Å². The smallest absolute Gasteiger partial charge is 0.317 e. The molecule has 146 valence electrons. The molecule has 1 unspecified atom stereocenters. The Morgan fingerprint density at radius 3 is 2.54 bits per heavy atom. The van der Waals surface area contributed by atoms with E-state index in [0.717, 1.165) is 5.56 Å². The first-order valence-corrected chi connectivity index (χ1v) is 9.09. The van der Waals surface area contributed by atoms with Crippen LogP contribution in [0.1, 0.15) is 29.3 Å². The third-order valence-corrected chi connectivity index (χ3v) is 4.94. The summed E-state index contributed by atoms with van der Waals surface area (Å²) in [6.07, 6.45) is 0.441. The number of nitrogens with one attached hydrogen (secondary N) is 2. The van der Waals surface area contributed by atoms with Crippen molar-refractivity contribution in [3.63, 3.8) is 0 Å². The van der Waals surface area contributed by atoms with Gasteiger partial charge in [-0.25, -0.2) is 4.79 Å². The minimum Gasteiger partial charge on any atom is -0.481 e. The number of urea groups is 1. The molecule has 1 fully saturated rings. The topological polar surface area (TPSA) is 98.7 Å². The number of carbonyl (C=O) groups excluding carboxylic acids is 2. The average molecular weight is 381 g/mol. The third kappa shape index (κ3) is 4.49. The van der Waals surface area contributed by atoms with E-state index in [9.17, 15) is 19.5 Å². The normalized spacial score (nSPS) is 18.5. The van der Waals surface area contributed by atoms with Crippen LogP contribution < -0.4 is 10.6 Å². The third-order valence-electron chi connectivity index (χ3n) is 4.94. The van der Waals surface area contributed by atoms with Crippen LogP contribution in [-0.2, 0) is 11.3 Å². The van der Waals surface area contributed by atoms with Crippen molar-refractivity contribution < 1.29 is 19.5 Å². The number of aliphatic carboxylic acids is 1. The first-order valence-electron chi connectivity index (χ1n) is 9.09. The molecule has 1 heterocycles. The second-order valence-corrected chi connectivity index (χ2v) is 7.22. The standard InChI is InChI=1S/C21H23N3O4/c1-21(19(26)27)10-11-24(14-21)20(28)22-13-15-6-5-9-17(12-15)23-18(25)16-7-3-2-4-8-16/h2-9,12H,10-11,13-14H2,1H3,(H,22,28)(H,23,25)(H,26,27). The van der Waals surface area contributed by atoms with Crippen LogP contribution in [0, 0.1) is 5.41 Å². The van der Waals surface area contributed by atoms with Crippen LogP contribution in [-0.4, -0.2) is 41.0 Å². The van der Waals surface area contributed by atoms with E-state index in [0.29, 0.717) is 24.2 Å². The van der Waals surface area contributed by atoms with E-state index in [-0.39, 0.29) is 25.0 Å². The van der Waals surface area contributed by atoms with Crippen molar-refractivity contribution in [2.75, 3.05) is 18.4 Å². The number of likely N-dealkylation sites (tertiary alicyclic amines) is 1. The molecule has 1 atom stereocenters. The highest BCUT2D eigenvalue weighted by molar-refractivity contribution is 6.04. The second kappa shape index (κ2) is 8.12. The van der Waals surface area contributed by atoms with Crippen LogP contribution in [0.2, 0.25) is 0 Å². The highest BCUT2D eigenvalue weighted by Crippen LogP contribution is 2.30. The van der Waals surface area contributed by atoms with Crippen molar-refractivity contribution in [3.05, 3.63) is 65.7 Å². The van der Waals surface area contributed by atoms with E-state index >= 15 is 0 Å². The van der Waals surface area contributed by atoms with E-state index in [1.54, 1.807) is 49.4 Å². The van der Waals surface area contributed by atoms with E-state index in [4.69, 9.17) is 0 Å². The molecule has 3 rings (SSSR count). The quantitative estimate of drug-likeness (QED) is 0.741. The zero-order chi connectivity index (χ0) is 20.1. The fourth-order valence-electron chi connectivity index (χ4n) is 3.15. The molecule has 2 aromatic rings. The maximum absolute atomic E-state index is 12.3. The number of hydrogen-bond acceptors (Lipinski definition) is 3. The molecule has 1 aliphatic rings. The van der Waals surface area contributed by atoms with Crippen LogP contribution in [0.25, 0.3) is 0 Å². The van der Waals surface area contributed by atoms with Crippen molar-refractivity contribution >= 4 is 23.6 Å². The Balaban J connectivity index is 1.56. The molecule has 28 heavy (non-hydrogen) atoms. The van der Waals surface area contributed by atoms with Gasteiger partial charge in [0.15, 0.2) is 0 Å². The van der Waals surface area contributed by atoms with Gasteiger partial charge in [0.2, 0.25) is 0 Å². The summed E-state index contributed by atoms with van der Waals surface area (Å²) < 4.78 is 0. The molecule has 1 aliphatic heterocycles. The summed E-state index contributed by atoms with van der Waals surface area (Å²) in [6.45, 7) is 2.55. The van der Waals surface area contributed by atoms with E-state index in [1.807, 2.05) is 12.1 Å². The average Bonchev–Trinajstić information content (AvgIpc) is 3.11. The lowest BCUT2D eigenvalue weighted by atomic mass is 9.90. The van der Waals surface area contributed by atoms with Gasteiger partial charge in [-0.1, -0.05) is 30.3 Å². The highest BCUT2D eigenvalue weighted by Gasteiger charge is 2.42. The fraction of sp³-hybridized carbons (Fsp3) is 0.286. The van der Waals surface area contributed by atoms with Gasteiger partial charge in [-0.3, -0.25) is 9.59 Å². The number of benzene rings is 2. The summed E-state index contributed by atoms with van der Waals surface area (Å²) in [5.74, 6) is -1.09. The van der Waals surface area contributed by atoms with Gasteiger partial charge in [-0.05, 0) is 43.2 Å². The van der Waals surface area contributed by atoms with Gasteiger partial charge < -0.3 is 20.6 Å².